The number of benzene rings is 1. The largest absolute Gasteiger partial charge is 0.356 e. The smallest absolute Gasteiger partial charge is 0.223 e. The third-order valence-corrected chi connectivity index (χ3v) is 3.38. The highest BCUT2D eigenvalue weighted by Crippen LogP contribution is 2.16. The van der Waals surface area contributed by atoms with Gasteiger partial charge >= 0.3 is 0 Å². The van der Waals surface area contributed by atoms with Gasteiger partial charge in [0.2, 0.25) is 11.8 Å². The molecule has 0 aliphatic heterocycles. The van der Waals surface area contributed by atoms with Crippen LogP contribution in [0.3, 0.4) is 0 Å². The maximum Gasteiger partial charge on any atom is 0.223 e. The number of rotatable bonds is 8. The Bertz CT molecular complexity index is 523. The lowest BCUT2D eigenvalue weighted by atomic mass is 10.1. The molecule has 0 aliphatic rings. The molecule has 0 unspecified atom stereocenters. The molecular weight excluding hydrogens is 280 g/mol. The van der Waals surface area contributed by atoms with E-state index in [1.807, 2.05) is 0 Å². The van der Waals surface area contributed by atoms with Crippen LogP contribution < -0.4 is 10.2 Å². The average Bonchev–Trinajstić information content (AvgIpc) is 2.48. The van der Waals surface area contributed by atoms with Crippen molar-refractivity contribution in [3.63, 3.8) is 0 Å². The first-order valence-electron chi connectivity index (χ1n) is 7.61. The molecule has 0 radical (unpaired) electrons. The van der Waals surface area contributed by atoms with Crippen molar-refractivity contribution in [2.24, 2.45) is 0 Å². The lowest BCUT2D eigenvalue weighted by Crippen LogP contribution is -2.34. The van der Waals surface area contributed by atoms with Gasteiger partial charge in [0.25, 0.3) is 0 Å². The van der Waals surface area contributed by atoms with Gasteiger partial charge in [-0.25, -0.2) is 0 Å². The fourth-order valence-electron chi connectivity index (χ4n) is 2.05. The summed E-state index contributed by atoms with van der Waals surface area (Å²) >= 11 is 0. The topological polar surface area (TPSA) is 66.5 Å². The number of ketones is 1. The van der Waals surface area contributed by atoms with E-state index < -0.39 is 0 Å². The molecule has 5 nitrogen and oxygen atoms in total. The zero-order valence-corrected chi connectivity index (χ0v) is 13.5. The van der Waals surface area contributed by atoms with Crippen LogP contribution in [-0.2, 0) is 9.59 Å². The summed E-state index contributed by atoms with van der Waals surface area (Å²) in [5, 5.41) is 2.83. The molecule has 0 bridgehead atoms. The maximum atomic E-state index is 11.8. The van der Waals surface area contributed by atoms with Crippen molar-refractivity contribution in [1.82, 2.24) is 5.32 Å². The lowest BCUT2D eigenvalue weighted by Gasteiger charge is -2.21. The van der Waals surface area contributed by atoms with E-state index >= 15 is 0 Å². The molecule has 0 atom stereocenters. The quantitative estimate of drug-likeness (QED) is 0.593. The Morgan fingerprint density at radius 3 is 2.23 bits per heavy atom. The third kappa shape index (κ3) is 5.68. The molecule has 1 aromatic rings. The zero-order chi connectivity index (χ0) is 16.5. The monoisotopic (exact) mass is 304 g/mol. The molecular formula is C17H24N2O3. The van der Waals surface area contributed by atoms with E-state index in [9.17, 15) is 14.4 Å². The van der Waals surface area contributed by atoms with Crippen molar-refractivity contribution < 1.29 is 14.4 Å². The van der Waals surface area contributed by atoms with Gasteiger partial charge in [0.05, 0.1) is 0 Å². The zero-order valence-electron chi connectivity index (χ0n) is 13.5. The number of hydrogen-bond donors (Lipinski definition) is 1. The molecule has 120 valence electrons. The van der Waals surface area contributed by atoms with Gasteiger partial charge in [0, 0.05) is 37.7 Å². The number of nitrogens with zero attached hydrogens (tertiary/aromatic N) is 1. The highest BCUT2D eigenvalue weighted by molar-refractivity contribution is 5.96. The summed E-state index contributed by atoms with van der Waals surface area (Å²) in [6.07, 6.45) is 2.24. The summed E-state index contributed by atoms with van der Waals surface area (Å²) in [5.41, 5.74) is 1.29. The van der Waals surface area contributed by atoms with Crippen molar-refractivity contribution >= 4 is 23.3 Å². The number of hydrogen-bond acceptors (Lipinski definition) is 3. The molecule has 1 rings (SSSR count). The standard InChI is InChI=1S/C17H24N2O3/c1-4-5-11-18-17(22)10-12-19(14(3)21)16-8-6-15(7-9-16)13(2)20/h6-9H,4-5,10-12H2,1-3H3,(H,18,22). The van der Waals surface area contributed by atoms with E-state index in [1.54, 1.807) is 29.2 Å². The average molecular weight is 304 g/mol. The van der Waals surface area contributed by atoms with Crippen LogP contribution in [0.4, 0.5) is 5.69 Å². The number of nitrogens with one attached hydrogen (secondary N) is 1. The Labute approximate surface area is 131 Å². The fourth-order valence-corrected chi connectivity index (χ4v) is 2.05. The predicted octanol–water partition coefficient (Wildman–Crippen LogP) is 2.55. The number of carbonyl (C=O) groups excluding carboxylic acids is 3. The Balaban J connectivity index is 2.64. The van der Waals surface area contributed by atoms with Crippen molar-refractivity contribution in [3.8, 4) is 0 Å². The minimum Gasteiger partial charge on any atom is -0.356 e. The van der Waals surface area contributed by atoms with Crippen LogP contribution in [0.15, 0.2) is 24.3 Å². The van der Waals surface area contributed by atoms with E-state index in [0.29, 0.717) is 24.3 Å². The summed E-state index contributed by atoms with van der Waals surface area (Å²) in [6.45, 7) is 6.02. The Kier molecular flexibility index (Phi) is 7.29. The molecule has 0 fully saturated rings. The number of carbonyl (C=O) groups is 3. The molecule has 22 heavy (non-hydrogen) atoms. The molecule has 0 aromatic heterocycles. The Hall–Kier alpha value is -2.17. The van der Waals surface area contributed by atoms with E-state index in [2.05, 4.69) is 12.2 Å². The number of anilines is 1. The highest BCUT2D eigenvalue weighted by Gasteiger charge is 2.13. The first-order valence-corrected chi connectivity index (χ1v) is 7.61. The van der Waals surface area contributed by atoms with Gasteiger partial charge in [-0.15, -0.1) is 0 Å². The molecule has 1 aromatic carbocycles. The molecule has 0 spiro atoms. The molecule has 0 aliphatic carbocycles. The molecule has 0 saturated carbocycles. The van der Waals surface area contributed by atoms with Crippen LogP contribution in [0.1, 0.15) is 50.4 Å². The summed E-state index contributed by atoms with van der Waals surface area (Å²) in [5.74, 6) is -0.201. The summed E-state index contributed by atoms with van der Waals surface area (Å²) in [4.78, 5) is 36.3. The lowest BCUT2D eigenvalue weighted by molar-refractivity contribution is -0.121. The Morgan fingerprint density at radius 2 is 1.73 bits per heavy atom. The van der Waals surface area contributed by atoms with E-state index in [0.717, 1.165) is 12.8 Å². The van der Waals surface area contributed by atoms with Crippen molar-refractivity contribution in [2.75, 3.05) is 18.0 Å². The Morgan fingerprint density at radius 1 is 1.09 bits per heavy atom. The minimum atomic E-state index is -0.128. The minimum absolute atomic E-state index is 0.0174. The molecule has 0 saturated heterocycles. The first-order chi connectivity index (χ1) is 10.5. The van der Waals surface area contributed by atoms with Gasteiger partial charge in [-0.2, -0.15) is 0 Å². The van der Waals surface area contributed by atoms with Crippen LogP contribution in [-0.4, -0.2) is 30.7 Å². The second kappa shape index (κ2) is 8.97. The van der Waals surface area contributed by atoms with Gasteiger partial charge in [-0.05, 0) is 37.6 Å². The first kappa shape index (κ1) is 17.9. The van der Waals surface area contributed by atoms with Gasteiger partial charge < -0.3 is 10.2 Å². The second-order valence-corrected chi connectivity index (χ2v) is 5.23. The van der Waals surface area contributed by atoms with Crippen LogP contribution in [0.25, 0.3) is 0 Å². The van der Waals surface area contributed by atoms with Gasteiger partial charge in [0.1, 0.15) is 0 Å². The number of amides is 2. The van der Waals surface area contributed by atoms with Crippen LogP contribution in [0.2, 0.25) is 0 Å². The van der Waals surface area contributed by atoms with E-state index in [-0.39, 0.29) is 24.0 Å². The van der Waals surface area contributed by atoms with Crippen LogP contribution >= 0.6 is 0 Å². The van der Waals surface area contributed by atoms with E-state index in [4.69, 9.17) is 0 Å². The van der Waals surface area contributed by atoms with Crippen molar-refractivity contribution in [3.05, 3.63) is 29.8 Å². The van der Waals surface area contributed by atoms with Crippen molar-refractivity contribution in [1.29, 1.82) is 0 Å². The molecule has 0 heterocycles. The molecule has 1 N–H and O–H groups in total. The summed E-state index contributed by atoms with van der Waals surface area (Å²) in [6, 6.07) is 6.84. The van der Waals surface area contributed by atoms with E-state index in [1.165, 1.54) is 13.8 Å². The molecule has 2 amide bonds. The van der Waals surface area contributed by atoms with Crippen LogP contribution in [0, 0.1) is 0 Å². The van der Waals surface area contributed by atoms with Gasteiger partial charge in [-0.3, -0.25) is 14.4 Å². The summed E-state index contributed by atoms with van der Waals surface area (Å²) < 4.78 is 0. The van der Waals surface area contributed by atoms with Crippen LogP contribution in [0.5, 0.6) is 0 Å². The number of unbranched alkanes of at least 4 members (excludes halogenated alkanes) is 1. The second-order valence-electron chi connectivity index (χ2n) is 5.23. The summed E-state index contributed by atoms with van der Waals surface area (Å²) in [7, 11) is 0. The van der Waals surface area contributed by atoms with Crippen molar-refractivity contribution in [2.45, 2.75) is 40.0 Å². The predicted molar refractivity (Wildman–Crippen MR) is 87.0 cm³/mol. The highest BCUT2D eigenvalue weighted by atomic mass is 16.2. The van der Waals surface area contributed by atoms with Gasteiger partial charge in [0.15, 0.2) is 5.78 Å². The normalized spacial score (nSPS) is 10.1. The fraction of sp³-hybridized carbons (Fsp3) is 0.471. The third-order valence-electron chi connectivity index (χ3n) is 3.38. The maximum absolute atomic E-state index is 11.8. The van der Waals surface area contributed by atoms with Gasteiger partial charge in [-0.1, -0.05) is 13.3 Å². The molecule has 5 heteroatoms. The number of Topliss-reactive ketones (excluding diaryl/α,β-unsaturated/α-hetero) is 1. The SMILES string of the molecule is CCCCNC(=O)CCN(C(C)=O)c1ccc(C(C)=O)cc1.